The van der Waals surface area contributed by atoms with Crippen molar-refractivity contribution in [2.75, 3.05) is 6.61 Å². The van der Waals surface area contributed by atoms with E-state index < -0.39 is 16.6 Å². The van der Waals surface area contributed by atoms with Gasteiger partial charge in [-0.05, 0) is 70.0 Å². The van der Waals surface area contributed by atoms with Crippen LogP contribution in [0.1, 0.15) is 68.6 Å². The normalized spacial score (nSPS) is 14.2. The maximum Gasteiger partial charge on any atom is 0.251 e. The molecule has 4 nitrogen and oxygen atoms in total. The molecule has 0 aliphatic carbocycles. The standard InChI is InChI=1S/C25H46FNO3Si2/c1-8-9-10-11-12-13-14-15-24(30-32(5,6)7)23(20-29-31(2,3)4)27-25(28)21-16-18-22(26)19-17-21/h16-19,23-24H,8-15,20H2,1-7H3,(H,27,28). The summed E-state index contributed by atoms with van der Waals surface area (Å²) < 4.78 is 26.1. The fourth-order valence-corrected chi connectivity index (χ4v) is 5.40. The summed E-state index contributed by atoms with van der Waals surface area (Å²) in [5.74, 6) is -0.558. The summed E-state index contributed by atoms with van der Waals surface area (Å²) in [6.07, 6.45) is 9.51. The summed E-state index contributed by atoms with van der Waals surface area (Å²) in [6, 6.07) is 5.44. The van der Waals surface area contributed by atoms with Gasteiger partial charge in [-0.25, -0.2) is 4.39 Å². The molecule has 0 saturated carbocycles. The van der Waals surface area contributed by atoms with Gasteiger partial charge in [-0.2, -0.15) is 0 Å². The summed E-state index contributed by atoms with van der Waals surface area (Å²) >= 11 is 0. The molecular formula is C25H46FNO3Si2. The summed E-state index contributed by atoms with van der Waals surface area (Å²) in [4.78, 5) is 12.9. The monoisotopic (exact) mass is 483 g/mol. The molecule has 1 amide bonds. The molecule has 7 heteroatoms. The van der Waals surface area contributed by atoms with E-state index in [0.29, 0.717) is 12.2 Å². The average molecular weight is 484 g/mol. The van der Waals surface area contributed by atoms with E-state index in [-0.39, 0.29) is 23.9 Å². The third kappa shape index (κ3) is 13.5. The fourth-order valence-electron chi connectivity index (χ4n) is 3.53. The Morgan fingerprint density at radius 1 is 0.906 bits per heavy atom. The highest BCUT2D eigenvalue weighted by atomic mass is 28.4. The zero-order chi connectivity index (χ0) is 24.2. The predicted molar refractivity (Wildman–Crippen MR) is 138 cm³/mol. The Morgan fingerprint density at radius 2 is 1.47 bits per heavy atom. The maximum absolute atomic E-state index is 13.3. The largest absolute Gasteiger partial charge is 0.415 e. The first-order chi connectivity index (χ1) is 14.9. The van der Waals surface area contributed by atoms with E-state index in [9.17, 15) is 9.18 Å². The van der Waals surface area contributed by atoms with Crippen LogP contribution >= 0.6 is 0 Å². The third-order valence-corrected chi connectivity index (χ3v) is 7.21. The molecule has 0 aliphatic heterocycles. The molecule has 32 heavy (non-hydrogen) atoms. The van der Waals surface area contributed by atoms with Crippen molar-refractivity contribution in [3.8, 4) is 0 Å². The van der Waals surface area contributed by atoms with Gasteiger partial charge in [0.15, 0.2) is 16.6 Å². The predicted octanol–water partition coefficient (Wildman–Crippen LogP) is 7.14. The first kappa shape index (κ1) is 29.0. The van der Waals surface area contributed by atoms with E-state index in [2.05, 4.69) is 51.5 Å². The number of hydrogen-bond acceptors (Lipinski definition) is 3. The minimum absolute atomic E-state index is 0.0851. The number of halogens is 1. The molecule has 0 aliphatic rings. The number of amides is 1. The van der Waals surface area contributed by atoms with Gasteiger partial charge in [-0.15, -0.1) is 0 Å². The van der Waals surface area contributed by atoms with Crippen LogP contribution in [-0.4, -0.2) is 41.3 Å². The second-order valence-electron chi connectivity index (χ2n) is 10.7. The lowest BCUT2D eigenvalue weighted by atomic mass is 10.0. The molecule has 2 atom stereocenters. The van der Waals surface area contributed by atoms with E-state index in [4.69, 9.17) is 8.85 Å². The Morgan fingerprint density at radius 3 is 2.00 bits per heavy atom. The van der Waals surface area contributed by atoms with Crippen molar-refractivity contribution in [3.63, 3.8) is 0 Å². The van der Waals surface area contributed by atoms with Gasteiger partial charge in [-0.1, -0.05) is 51.9 Å². The molecular weight excluding hydrogens is 437 g/mol. The molecule has 184 valence electrons. The summed E-state index contributed by atoms with van der Waals surface area (Å²) in [5, 5.41) is 3.15. The molecule has 0 aromatic heterocycles. The fraction of sp³-hybridized carbons (Fsp3) is 0.720. The molecule has 0 fully saturated rings. The van der Waals surface area contributed by atoms with Gasteiger partial charge >= 0.3 is 0 Å². The van der Waals surface area contributed by atoms with Crippen molar-refractivity contribution < 1.29 is 18.0 Å². The lowest BCUT2D eigenvalue weighted by Crippen LogP contribution is -2.51. The van der Waals surface area contributed by atoms with Crippen molar-refractivity contribution in [2.45, 2.75) is 110 Å². The van der Waals surface area contributed by atoms with Gasteiger partial charge in [-0.3, -0.25) is 4.79 Å². The van der Waals surface area contributed by atoms with E-state index in [0.717, 1.165) is 12.8 Å². The molecule has 1 aromatic carbocycles. The topological polar surface area (TPSA) is 47.6 Å². The molecule has 0 radical (unpaired) electrons. The van der Waals surface area contributed by atoms with Crippen LogP contribution < -0.4 is 5.32 Å². The minimum Gasteiger partial charge on any atom is -0.415 e. The highest BCUT2D eigenvalue weighted by Gasteiger charge is 2.31. The van der Waals surface area contributed by atoms with Crippen LogP contribution in [-0.2, 0) is 8.85 Å². The Labute approximate surface area is 197 Å². The Kier molecular flexibility index (Phi) is 12.9. The van der Waals surface area contributed by atoms with E-state index in [1.54, 1.807) is 0 Å². The van der Waals surface area contributed by atoms with Gasteiger partial charge in [0.25, 0.3) is 5.91 Å². The van der Waals surface area contributed by atoms with Crippen LogP contribution in [0.5, 0.6) is 0 Å². The molecule has 2 unspecified atom stereocenters. The summed E-state index contributed by atoms with van der Waals surface area (Å²) in [7, 11) is -3.59. The Hall–Kier alpha value is -1.03. The highest BCUT2D eigenvalue weighted by Crippen LogP contribution is 2.20. The quantitative estimate of drug-likeness (QED) is 0.201. The van der Waals surface area contributed by atoms with Crippen LogP contribution in [0.4, 0.5) is 4.39 Å². The number of benzene rings is 1. The average Bonchev–Trinajstić information content (AvgIpc) is 2.68. The molecule has 0 spiro atoms. The van der Waals surface area contributed by atoms with Crippen molar-refractivity contribution in [3.05, 3.63) is 35.6 Å². The van der Waals surface area contributed by atoms with Crippen LogP contribution in [0.15, 0.2) is 24.3 Å². The molecule has 1 N–H and O–H groups in total. The number of carbonyl (C=O) groups is 1. The van der Waals surface area contributed by atoms with E-state index in [1.165, 1.54) is 62.8 Å². The number of carbonyl (C=O) groups excluding carboxylic acids is 1. The summed E-state index contributed by atoms with van der Waals surface area (Å²) in [5.41, 5.74) is 0.451. The maximum atomic E-state index is 13.3. The van der Waals surface area contributed by atoms with Gasteiger partial charge in [0.05, 0.1) is 18.8 Å². The number of hydrogen-bond donors (Lipinski definition) is 1. The molecule has 0 heterocycles. The Bertz CT molecular complexity index is 657. The molecule has 0 bridgehead atoms. The van der Waals surface area contributed by atoms with E-state index >= 15 is 0 Å². The molecule has 0 saturated heterocycles. The lowest BCUT2D eigenvalue weighted by molar-refractivity contribution is 0.0748. The van der Waals surface area contributed by atoms with Crippen molar-refractivity contribution in [1.29, 1.82) is 0 Å². The van der Waals surface area contributed by atoms with Gasteiger partial charge in [0.1, 0.15) is 5.82 Å². The first-order valence-electron chi connectivity index (χ1n) is 12.3. The second-order valence-corrected chi connectivity index (χ2v) is 19.7. The number of rotatable bonds is 16. The van der Waals surface area contributed by atoms with Gasteiger partial charge in [0.2, 0.25) is 0 Å². The first-order valence-corrected chi connectivity index (χ1v) is 19.1. The van der Waals surface area contributed by atoms with Crippen molar-refractivity contribution >= 4 is 22.5 Å². The molecule has 1 rings (SSSR count). The lowest BCUT2D eigenvalue weighted by Gasteiger charge is -2.34. The minimum atomic E-state index is -1.83. The van der Waals surface area contributed by atoms with Crippen LogP contribution in [0.3, 0.4) is 0 Å². The SMILES string of the molecule is CCCCCCCCCC(O[Si](C)(C)C)C(CO[Si](C)(C)C)NC(=O)c1ccc(F)cc1. The van der Waals surface area contributed by atoms with Crippen LogP contribution in [0.25, 0.3) is 0 Å². The number of unbranched alkanes of at least 4 members (excludes halogenated alkanes) is 6. The smallest absolute Gasteiger partial charge is 0.251 e. The zero-order valence-corrected chi connectivity index (χ0v) is 23.4. The van der Waals surface area contributed by atoms with Crippen LogP contribution in [0, 0.1) is 5.82 Å². The van der Waals surface area contributed by atoms with Crippen molar-refractivity contribution in [2.24, 2.45) is 0 Å². The van der Waals surface area contributed by atoms with Gasteiger partial charge in [0, 0.05) is 5.56 Å². The second kappa shape index (κ2) is 14.3. The van der Waals surface area contributed by atoms with Crippen LogP contribution in [0.2, 0.25) is 39.3 Å². The Balaban J connectivity index is 2.87. The third-order valence-electron chi connectivity index (χ3n) is 5.16. The van der Waals surface area contributed by atoms with Gasteiger partial charge < -0.3 is 14.2 Å². The number of nitrogens with one attached hydrogen (secondary N) is 1. The van der Waals surface area contributed by atoms with E-state index in [1.807, 2.05) is 0 Å². The summed E-state index contributed by atoms with van der Waals surface area (Å²) in [6.45, 7) is 15.7. The van der Waals surface area contributed by atoms with Crippen molar-refractivity contribution in [1.82, 2.24) is 5.32 Å². The molecule has 1 aromatic rings. The highest BCUT2D eigenvalue weighted by molar-refractivity contribution is 6.70. The zero-order valence-electron chi connectivity index (χ0n) is 21.4.